The van der Waals surface area contributed by atoms with Crippen LogP contribution in [0.5, 0.6) is 5.75 Å². The zero-order valence-electron chi connectivity index (χ0n) is 22.8. The molecule has 1 amide bonds. The van der Waals surface area contributed by atoms with E-state index in [1.165, 1.54) is 17.8 Å². The van der Waals surface area contributed by atoms with Gasteiger partial charge in [-0.15, -0.1) is 5.10 Å². The summed E-state index contributed by atoms with van der Waals surface area (Å²) in [4.78, 5) is 18.4. The number of rotatable bonds is 10. The highest BCUT2D eigenvalue weighted by Crippen LogP contribution is 2.38. The lowest BCUT2D eigenvalue weighted by molar-refractivity contribution is -0.113. The topological polar surface area (TPSA) is 81.1 Å². The molecule has 2 N–H and O–H groups in total. The quantitative estimate of drug-likeness (QED) is 0.160. The molecule has 5 rings (SSSR count). The summed E-state index contributed by atoms with van der Waals surface area (Å²) in [5, 5.41) is 11.6. The van der Waals surface area contributed by atoms with Gasteiger partial charge in [0.1, 0.15) is 17.6 Å². The molecule has 0 aliphatic carbocycles. The molecule has 1 aromatic heterocycles. The van der Waals surface area contributed by atoms with Crippen LogP contribution in [0.1, 0.15) is 49.4 Å². The number of thioether (sulfide) groups is 1. The normalized spacial score (nSPS) is 14.4. The number of ether oxygens (including phenoxy) is 1. The Morgan fingerprint density at radius 3 is 2.58 bits per heavy atom. The lowest BCUT2D eigenvalue weighted by Crippen LogP contribution is -2.31. The van der Waals surface area contributed by atoms with Crippen molar-refractivity contribution < 1.29 is 13.9 Å². The predicted molar refractivity (Wildman–Crippen MR) is 157 cm³/mol. The molecule has 0 fully saturated rings. The minimum atomic E-state index is -0.528. The third kappa shape index (κ3) is 6.04. The number of fused-ring (bicyclic) bond motifs is 1. The Morgan fingerprint density at radius 2 is 1.82 bits per heavy atom. The van der Waals surface area contributed by atoms with Crippen molar-refractivity contribution in [1.82, 2.24) is 14.8 Å². The number of aryl methyl sites for hydroxylation is 1. The maximum Gasteiger partial charge on any atom is 0.255 e. The highest BCUT2D eigenvalue weighted by Gasteiger charge is 2.34. The van der Waals surface area contributed by atoms with Crippen molar-refractivity contribution in [3.8, 4) is 5.75 Å². The van der Waals surface area contributed by atoms with Crippen molar-refractivity contribution in [2.45, 2.75) is 50.6 Å². The van der Waals surface area contributed by atoms with Crippen LogP contribution < -0.4 is 15.4 Å². The number of nitrogens with one attached hydrogen (secondary N) is 2. The minimum Gasteiger partial charge on any atom is -0.494 e. The first-order valence-corrected chi connectivity index (χ1v) is 14.3. The Labute approximate surface area is 237 Å². The Balaban J connectivity index is 1.47. The molecule has 2 heterocycles. The third-order valence-electron chi connectivity index (χ3n) is 6.75. The van der Waals surface area contributed by atoms with E-state index < -0.39 is 6.04 Å². The van der Waals surface area contributed by atoms with E-state index >= 15 is 0 Å². The van der Waals surface area contributed by atoms with Gasteiger partial charge in [-0.05, 0) is 61.2 Å². The SMILES string of the molecule is CCCCOc1ccc(C2C(C(=O)Nc3ccccc3C)=C(C)Nc3nc(SCc4ccccc4F)nn32)cc1. The van der Waals surface area contributed by atoms with Crippen molar-refractivity contribution in [2.24, 2.45) is 0 Å². The average Bonchev–Trinajstić information content (AvgIpc) is 3.36. The molecular formula is C31H32FN5O2S. The average molecular weight is 558 g/mol. The fourth-order valence-electron chi connectivity index (χ4n) is 4.54. The number of nitrogens with zero attached hydrogens (tertiary/aromatic N) is 3. The van der Waals surface area contributed by atoms with Gasteiger partial charge in [-0.25, -0.2) is 9.07 Å². The van der Waals surface area contributed by atoms with E-state index in [1.54, 1.807) is 16.8 Å². The molecule has 0 spiro atoms. The second-order valence-corrected chi connectivity index (χ2v) is 10.6. The number of carbonyl (C=O) groups excluding carboxylic acids is 1. The summed E-state index contributed by atoms with van der Waals surface area (Å²) >= 11 is 1.35. The van der Waals surface area contributed by atoms with Crippen LogP contribution >= 0.6 is 11.8 Å². The summed E-state index contributed by atoms with van der Waals surface area (Å²) in [6.45, 7) is 6.61. The van der Waals surface area contributed by atoms with Gasteiger partial charge in [-0.1, -0.05) is 73.6 Å². The molecule has 1 atom stereocenters. The molecule has 3 aromatic carbocycles. The van der Waals surface area contributed by atoms with Crippen LogP contribution in [-0.2, 0) is 10.5 Å². The second kappa shape index (κ2) is 12.4. The summed E-state index contributed by atoms with van der Waals surface area (Å²) < 4.78 is 21.8. The van der Waals surface area contributed by atoms with E-state index in [1.807, 2.05) is 68.4 Å². The fraction of sp³-hybridized carbons (Fsp3) is 0.258. The van der Waals surface area contributed by atoms with Crippen LogP contribution in [0.3, 0.4) is 0 Å². The smallest absolute Gasteiger partial charge is 0.255 e. The maximum atomic E-state index is 14.2. The van der Waals surface area contributed by atoms with Crippen molar-refractivity contribution in [3.05, 3.63) is 107 Å². The standard InChI is InChI=1S/C31H32FN5O2S/c1-4-5-18-39-24-16-14-22(15-17-24)28-27(29(38)34-26-13-9-6-10-20(26)2)21(3)33-30-35-31(36-37(28)30)40-19-23-11-7-8-12-25(23)32/h6-17,28H,4-5,18-19H2,1-3H3,(H,34,38)(H,33,35,36). The molecule has 7 nitrogen and oxygen atoms in total. The minimum absolute atomic E-state index is 0.228. The lowest BCUT2D eigenvalue weighted by Gasteiger charge is -2.29. The first kappa shape index (κ1) is 27.5. The number of halogens is 1. The molecular weight excluding hydrogens is 525 g/mol. The number of para-hydroxylation sites is 1. The summed E-state index contributed by atoms with van der Waals surface area (Å²) in [7, 11) is 0. The van der Waals surface area contributed by atoms with Gasteiger partial charge in [0.15, 0.2) is 0 Å². The molecule has 1 aliphatic rings. The van der Waals surface area contributed by atoms with Gasteiger partial charge in [0.05, 0.1) is 12.2 Å². The van der Waals surface area contributed by atoms with Crippen LogP contribution in [0.25, 0.3) is 0 Å². The van der Waals surface area contributed by atoms with Crippen LogP contribution in [0.15, 0.2) is 89.2 Å². The molecule has 1 unspecified atom stereocenters. The Bertz CT molecular complexity index is 1530. The molecule has 40 heavy (non-hydrogen) atoms. The van der Waals surface area contributed by atoms with Gasteiger partial charge in [0.2, 0.25) is 11.1 Å². The van der Waals surface area contributed by atoms with Crippen molar-refractivity contribution in [1.29, 1.82) is 0 Å². The van der Waals surface area contributed by atoms with Gasteiger partial charge >= 0.3 is 0 Å². The number of benzene rings is 3. The molecule has 0 saturated heterocycles. The number of allylic oxidation sites excluding steroid dienone is 1. The Hall–Kier alpha value is -4.11. The summed E-state index contributed by atoms with van der Waals surface area (Å²) in [5.74, 6) is 1.20. The monoisotopic (exact) mass is 557 g/mol. The summed E-state index contributed by atoms with van der Waals surface area (Å²) in [6.07, 6.45) is 2.04. The zero-order chi connectivity index (χ0) is 28.1. The molecule has 0 saturated carbocycles. The highest BCUT2D eigenvalue weighted by molar-refractivity contribution is 7.98. The second-order valence-electron chi connectivity index (χ2n) is 9.65. The molecule has 0 radical (unpaired) electrons. The van der Waals surface area contributed by atoms with Gasteiger partial charge in [-0.3, -0.25) is 4.79 Å². The van der Waals surface area contributed by atoms with Crippen molar-refractivity contribution >= 4 is 29.3 Å². The van der Waals surface area contributed by atoms with Crippen LogP contribution in [0.4, 0.5) is 16.0 Å². The summed E-state index contributed by atoms with van der Waals surface area (Å²) in [6, 6.07) is 21.6. The number of hydrogen-bond acceptors (Lipinski definition) is 6. The van der Waals surface area contributed by atoms with Gasteiger partial charge in [0.25, 0.3) is 5.91 Å². The van der Waals surface area contributed by atoms with E-state index in [0.29, 0.717) is 40.3 Å². The summed E-state index contributed by atoms with van der Waals surface area (Å²) in [5.41, 5.74) is 4.38. The number of unbranched alkanes of at least 4 members (excludes halogenated alkanes) is 1. The molecule has 0 bridgehead atoms. The van der Waals surface area contributed by atoms with Crippen LogP contribution in [-0.4, -0.2) is 27.3 Å². The molecule has 9 heteroatoms. The molecule has 4 aromatic rings. The number of aromatic nitrogens is 3. The van der Waals surface area contributed by atoms with E-state index in [4.69, 9.17) is 9.84 Å². The van der Waals surface area contributed by atoms with Gasteiger partial charge < -0.3 is 15.4 Å². The lowest BCUT2D eigenvalue weighted by atomic mass is 9.95. The van der Waals surface area contributed by atoms with Crippen LogP contribution in [0, 0.1) is 12.7 Å². The fourth-order valence-corrected chi connectivity index (χ4v) is 5.35. The van der Waals surface area contributed by atoms with Gasteiger partial charge in [0, 0.05) is 17.1 Å². The third-order valence-corrected chi connectivity index (χ3v) is 7.63. The van der Waals surface area contributed by atoms with Crippen LogP contribution in [0.2, 0.25) is 0 Å². The van der Waals surface area contributed by atoms with Gasteiger partial charge in [-0.2, -0.15) is 4.98 Å². The predicted octanol–water partition coefficient (Wildman–Crippen LogP) is 7.12. The first-order chi connectivity index (χ1) is 19.4. The number of hydrogen-bond donors (Lipinski definition) is 2. The van der Waals surface area contributed by atoms with E-state index in [9.17, 15) is 9.18 Å². The Morgan fingerprint density at radius 1 is 1.07 bits per heavy atom. The van der Waals surface area contributed by atoms with E-state index in [-0.39, 0.29) is 11.7 Å². The zero-order valence-corrected chi connectivity index (χ0v) is 23.6. The number of carbonyl (C=O) groups is 1. The molecule has 206 valence electrons. The maximum absolute atomic E-state index is 14.2. The Kier molecular flexibility index (Phi) is 8.50. The largest absolute Gasteiger partial charge is 0.494 e. The van der Waals surface area contributed by atoms with E-state index in [0.717, 1.165) is 35.4 Å². The number of anilines is 2. The number of amides is 1. The molecule has 1 aliphatic heterocycles. The first-order valence-electron chi connectivity index (χ1n) is 13.3. The van der Waals surface area contributed by atoms with E-state index in [2.05, 4.69) is 22.5 Å². The van der Waals surface area contributed by atoms with Crippen molar-refractivity contribution in [3.63, 3.8) is 0 Å². The van der Waals surface area contributed by atoms with Crippen molar-refractivity contribution in [2.75, 3.05) is 17.2 Å². The highest BCUT2D eigenvalue weighted by atomic mass is 32.2.